The molecule has 16 heavy (non-hydrogen) atoms. The Labute approximate surface area is 98.9 Å². The highest BCUT2D eigenvalue weighted by molar-refractivity contribution is 7.78. The van der Waals surface area contributed by atoms with Gasteiger partial charge in [-0.1, -0.05) is 29.8 Å². The van der Waals surface area contributed by atoms with Crippen molar-refractivity contribution < 1.29 is 0 Å². The molecule has 0 aliphatic heterocycles. The van der Waals surface area contributed by atoms with Crippen molar-refractivity contribution in [3.05, 3.63) is 42.2 Å². The van der Waals surface area contributed by atoms with Crippen LogP contribution >= 0.6 is 12.2 Å². The van der Waals surface area contributed by atoms with E-state index in [0.717, 1.165) is 11.1 Å². The van der Waals surface area contributed by atoms with Crippen LogP contribution < -0.4 is 0 Å². The molecule has 1 heterocycles. The van der Waals surface area contributed by atoms with Gasteiger partial charge >= 0.3 is 0 Å². The third-order valence-electron chi connectivity index (χ3n) is 2.14. The highest BCUT2D eigenvalue weighted by atomic mass is 32.1. The molecule has 2 rings (SSSR count). The molecule has 0 saturated heterocycles. The van der Waals surface area contributed by atoms with Gasteiger partial charge in [-0.05, 0) is 24.7 Å². The van der Waals surface area contributed by atoms with Crippen LogP contribution in [0.5, 0.6) is 0 Å². The summed E-state index contributed by atoms with van der Waals surface area (Å²) >= 11 is 4.48. The first-order chi connectivity index (χ1) is 7.79. The van der Waals surface area contributed by atoms with Gasteiger partial charge in [0.1, 0.15) is 0 Å². The molecular formula is C12H9N3S. The standard InChI is InChI=1S/C12H9N3S/c1-9-3-2-4-10(5-9)11-6-13-12(14-7-11)15-8-16/h2-7H,1H3. The summed E-state index contributed by atoms with van der Waals surface area (Å²) in [6.45, 7) is 2.05. The molecular weight excluding hydrogens is 218 g/mol. The molecule has 0 spiro atoms. The van der Waals surface area contributed by atoms with Crippen LogP contribution in [-0.2, 0) is 0 Å². The average molecular weight is 227 g/mol. The zero-order chi connectivity index (χ0) is 11.4. The van der Waals surface area contributed by atoms with Gasteiger partial charge in [-0.15, -0.1) is 0 Å². The number of rotatable bonds is 2. The number of isothiocyanates is 1. The van der Waals surface area contributed by atoms with Crippen molar-refractivity contribution in [1.82, 2.24) is 9.97 Å². The summed E-state index contributed by atoms with van der Waals surface area (Å²) in [7, 11) is 0. The van der Waals surface area contributed by atoms with Crippen molar-refractivity contribution in [2.75, 3.05) is 0 Å². The molecule has 4 heteroatoms. The van der Waals surface area contributed by atoms with Crippen LogP contribution in [0.4, 0.5) is 5.95 Å². The van der Waals surface area contributed by atoms with Crippen LogP contribution in [-0.4, -0.2) is 15.1 Å². The molecule has 0 radical (unpaired) electrons. The average Bonchev–Trinajstić information content (AvgIpc) is 2.30. The third-order valence-corrected chi connectivity index (χ3v) is 2.23. The molecule has 0 fully saturated rings. The highest BCUT2D eigenvalue weighted by Crippen LogP contribution is 2.19. The SMILES string of the molecule is Cc1cccc(-c2cnc(N=C=S)nc2)c1. The minimum absolute atomic E-state index is 0.339. The van der Waals surface area contributed by atoms with Crippen molar-refractivity contribution in [1.29, 1.82) is 0 Å². The summed E-state index contributed by atoms with van der Waals surface area (Å²) in [6.07, 6.45) is 3.46. The molecule has 3 nitrogen and oxygen atoms in total. The van der Waals surface area contributed by atoms with Gasteiger partial charge in [0.2, 0.25) is 0 Å². The third kappa shape index (κ3) is 2.37. The zero-order valence-electron chi connectivity index (χ0n) is 8.71. The fourth-order valence-corrected chi connectivity index (χ4v) is 1.48. The van der Waals surface area contributed by atoms with Crippen molar-refractivity contribution >= 4 is 23.3 Å². The number of hydrogen-bond donors (Lipinski definition) is 0. The van der Waals surface area contributed by atoms with Gasteiger partial charge in [0, 0.05) is 18.0 Å². The lowest BCUT2D eigenvalue weighted by Gasteiger charge is -2.01. The van der Waals surface area contributed by atoms with E-state index >= 15 is 0 Å². The molecule has 0 amide bonds. The molecule has 1 aromatic carbocycles. The van der Waals surface area contributed by atoms with Crippen molar-refractivity contribution in [3.63, 3.8) is 0 Å². The fourth-order valence-electron chi connectivity index (χ4n) is 1.39. The summed E-state index contributed by atoms with van der Waals surface area (Å²) in [4.78, 5) is 11.8. The monoisotopic (exact) mass is 227 g/mol. The van der Waals surface area contributed by atoms with E-state index in [9.17, 15) is 0 Å². The molecule has 0 bridgehead atoms. The molecule has 0 atom stereocenters. The topological polar surface area (TPSA) is 38.1 Å². The summed E-state index contributed by atoms with van der Waals surface area (Å²) in [5, 5.41) is 2.24. The van der Waals surface area contributed by atoms with Crippen molar-refractivity contribution in [3.8, 4) is 11.1 Å². The van der Waals surface area contributed by atoms with Gasteiger partial charge in [0.25, 0.3) is 5.95 Å². The molecule has 1 aromatic heterocycles. The van der Waals surface area contributed by atoms with E-state index in [2.05, 4.69) is 51.4 Å². The Morgan fingerprint density at radius 1 is 1.19 bits per heavy atom. The van der Waals surface area contributed by atoms with Crippen molar-refractivity contribution in [2.24, 2.45) is 4.99 Å². The summed E-state index contributed by atoms with van der Waals surface area (Å²) < 4.78 is 0. The van der Waals surface area contributed by atoms with Crippen molar-refractivity contribution in [2.45, 2.75) is 6.92 Å². The van der Waals surface area contributed by atoms with Crippen LogP contribution in [0.3, 0.4) is 0 Å². The maximum absolute atomic E-state index is 4.48. The van der Waals surface area contributed by atoms with Gasteiger partial charge in [0.05, 0.1) is 5.16 Å². The Bertz CT molecular complexity index is 542. The molecule has 0 N–H and O–H groups in total. The highest BCUT2D eigenvalue weighted by Gasteiger charge is 1.99. The lowest BCUT2D eigenvalue weighted by Crippen LogP contribution is -1.84. The molecule has 0 aliphatic rings. The smallest absolute Gasteiger partial charge is 0.218 e. The van der Waals surface area contributed by atoms with Crippen LogP contribution in [0.1, 0.15) is 5.56 Å². The Morgan fingerprint density at radius 3 is 2.56 bits per heavy atom. The van der Waals surface area contributed by atoms with Gasteiger partial charge < -0.3 is 0 Å². The van der Waals surface area contributed by atoms with E-state index in [1.165, 1.54) is 5.56 Å². The molecule has 0 unspecified atom stereocenters. The van der Waals surface area contributed by atoms with E-state index < -0.39 is 0 Å². The Hall–Kier alpha value is -1.90. The second kappa shape index (κ2) is 4.75. The first-order valence-corrected chi connectivity index (χ1v) is 5.17. The summed E-state index contributed by atoms with van der Waals surface area (Å²) in [5.74, 6) is 0.339. The molecule has 78 valence electrons. The number of thiocarbonyl (C=S) groups is 1. The number of benzene rings is 1. The Balaban J connectivity index is 2.38. The second-order valence-electron chi connectivity index (χ2n) is 3.34. The van der Waals surface area contributed by atoms with Crippen LogP contribution in [0.25, 0.3) is 11.1 Å². The van der Waals surface area contributed by atoms with E-state index in [1.54, 1.807) is 12.4 Å². The minimum Gasteiger partial charge on any atom is -0.218 e. The Kier molecular flexibility index (Phi) is 3.15. The van der Waals surface area contributed by atoms with Gasteiger partial charge in [-0.2, -0.15) is 4.99 Å². The lowest BCUT2D eigenvalue weighted by molar-refractivity contribution is 1.14. The molecule has 0 aliphatic carbocycles. The number of hydrogen-bond acceptors (Lipinski definition) is 4. The fraction of sp³-hybridized carbons (Fsp3) is 0.0833. The predicted octanol–water partition coefficient (Wildman–Crippen LogP) is 3.19. The number of nitrogens with zero attached hydrogens (tertiary/aromatic N) is 3. The van der Waals surface area contributed by atoms with Crippen LogP contribution in [0.15, 0.2) is 41.7 Å². The summed E-state index contributed by atoms with van der Waals surface area (Å²) in [5.41, 5.74) is 3.27. The van der Waals surface area contributed by atoms with E-state index in [4.69, 9.17) is 0 Å². The molecule has 0 saturated carbocycles. The maximum atomic E-state index is 4.48. The Morgan fingerprint density at radius 2 is 1.94 bits per heavy atom. The number of aromatic nitrogens is 2. The van der Waals surface area contributed by atoms with Gasteiger partial charge in [-0.25, -0.2) is 9.97 Å². The maximum Gasteiger partial charge on any atom is 0.258 e. The van der Waals surface area contributed by atoms with Gasteiger partial charge in [-0.3, -0.25) is 0 Å². The first kappa shape index (κ1) is 10.6. The second-order valence-corrected chi connectivity index (χ2v) is 3.53. The van der Waals surface area contributed by atoms with E-state index in [-0.39, 0.29) is 0 Å². The lowest BCUT2D eigenvalue weighted by atomic mass is 10.1. The quantitative estimate of drug-likeness (QED) is 0.584. The molecule has 2 aromatic rings. The van der Waals surface area contributed by atoms with Gasteiger partial charge in [0.15, 0.2) is 0 Å². The minimum atomic E-state index is 0.339. The largest absolute Gasteiger partial charge is 0.258 e. The predicted molar refractivity (Wildman–Crippen MR) is 66.9 cm³/mol. The normalized spacial score (nSPS) is 9.56. The van der Waals surface area contributed by atoms with E-state index in [0.29, 0.717) is 5.95 Å². The van der Waals surface area contributed by atoms with Crippen LogP contribution in [0.2, 0.25) is 0 Å². The van der Waals surface area contributed by atoms with E-state index in [1.807, 2.05) is 12.1 Å². The van der Waals surface area contributed by atoms with Crippen LogP contribution in [0, 0.1) is 6.92 Å². The zero-order valence-corrected chi connectivity index (χ0v) is 9.53. The number of aliphatic imine (C=N–C) groups is 1. The number of aryl methyl sites for hydroxylation is 1. The first-order valence-electron chi connectivity index (χ1n) is 4.76. The summed E-state index contributed by atoms with van der Waals surface area (Å²) in [6, 6.07) is 8.16.